The lowest BCUT2D eigenvalue weighted by atomic mass is 10.2. The van der Waals surface area contributed by atoms with Crippen LogP contribution in [0.5, 0.6) is 0 Å². The number of aliphatic hydroxyl groups excluding tert-OH is 1. The minimum absolute atomic E-state index is 0.0414. The van der Waals surface area contributed by atoms with Crippen molar-refractivity contribution in [3.8, 4) is 0 Å². The Hall–Kier alpha value is -0.840. The molecule has 100 valence electrons. The number of pyridine rings is 1. The van der Waals surface area contributed by atoms with Crippen molar-refractivity contribution in [3.63, 3.8) is 0 Å². The molecule has 1 aliphatic rings. The topological polar surface area (TPSA) is 39.6 Å². The van der Waals surface area contributed by atoms with Crippen molar-refractivity contribution in [2.45, 2.75) is 26.5 Å². The van der Waals surface area contributed by atoms with Crippen LogP contribution < -0.4 is 4.90 Å². The fourth-order valence-corrected chi connectivity index (χ4v) is 2.39. The molecule has 1 fully saturated rings. The number of hydrogen-bond acceptors (Lipinski definition) is 4. The van der Waals surface area contributed by atoms with Crippen molar-refractivity contribution in [3.05, 3.63) is 22.8 Å². The highest BCUT2D eigenvalue weighted by Crippen LogP contribution is 2.21. The summed E-state index contributed by atoms with van der Waals surface area (Å²) < 4.78 is 0. The number of hydrogen-bond donors (Lipinski definition) is 1. The van der Waals surface area contributed by atoms with E-state index in [2.05, 4.69) is 28.6 Å². The fraction of sp³-hybridized carbons (Fsp3) is 0.615. The van der Waals surface area contributed by atoms with E-state index < -0.39 is 0 Å². The second kappa shape index (κ2) is 5.87. The van der Waals surface area contributed by atoms with Crippen LogP contribution >= 0.6 is 11.6 Å². The zero-order chi connectivity index (χ0) is 13.1. The molecular weight excluding hydrogens is 250 g/mol. The van der Waals surface area contributed by atoms with E-state index in [1.807, 2.05) is 6.07 Å². The summed E-state index contributed by atoms with van der Waals surface area (Å²) in [6, 6.07) is 2.48. The van der Waals surface area contributed by atoms with Crippen LogP contribution in [0.2, 0.25) is 5.02 Å². The molecule has 2 heterocycles. The first-order chi connectivity index (χ1) is 8.61. The maximum absolute atomic E-state index is 9.22. The van der Waals surface area contributed by atoms with Crippen LogP contribution in [-0.2, 0) is 6.61 Å². The van der Waals surface area contributed by atoms with E-state index in [-0.39, 0.29) is 6.61 Å². The Morgan fingerprint density at radius 3 is 2.56 bits per heavy atom. The monoisotopic (exact) mass is 269 g/mol. The molecule has 0 atom stereocenters. The summed E-state index contributed by atoms with van der Waals surface area (Å²) in [5.41, 5.74) is 0.743. The fourth-order valence-electron chi connectivity index (χ4n) is 2.23. The smallest absolute Gasteiger partial charge is 0.129 e. The van der Waals surface area contributed by atoms with Crippen LogP contribution in [0.15, 0.2) is 12.3 Å². The van der Waals surface area contributed by atoms with Gasteiger partial charge in [0.2, 0.25) is 0 Å². The van der Waals surface area contributed by atoms with E-state index >= 15 is 0 Å². The van der Waals surface area contributed by atoms with E-state index in [0.717, 1.165) is 37.6 Å². The Balaban J connectivity index is 2.05. The maximum atomic E-state index is 9.22. The minimum Gasteiger partial charge on any atom is -0.392 e. The lowest BCUT2D eigenvalue weighted by Crippen LogP contribution is -2.49. The van der Waals surface area contributed by atoms with Gasteiger partial charge in [0, 0.05) is 44.0 Å². The van der Waals surface area contributed by atoms with Gasteiger partial charge in [-0.05, 0) is 19.9 Å². The molecule has 0 amide bonds. The van der Waals surface area contributed by atoms with Crippen LogP contribution in [0.3, 0.4) is 0 Å². The summed E-state index contributed by atoms with van der Waals surface area (Å²) in [6.45, 7) is 8.45. The van der Waals surface area contributed by atoms with Gasteiger partial charge < -0.3 is 10.0 Å². The number of nitrogens with zero attached hydrogens (tertiary/aromatic N) is 3. The van der Waals surface area contributed by atoms with Gasteiger partial charge in [0.15, 0.2) is 0 Å². The van der Waals surface area contributed by atoms with Gasteiger partial charge in [0.25, 0.3) is 0 Å². The molecule has 2 rings (SSSR count). The highest BCUT2D eigenvalue weighted by molar-refractivity contribution is 6.31. The molecule has 1 aromatic heterocycles. The summed E-state index contributed by atoms with van der Waals surface area (Å²) in [4.78, 5) is 9.05. The Morgan fingerprint density at radius 1 is 1.33 bits per heavy atom. The van der Waals surface area contributed by atoms with Gasteiger partial charge in [0.05, 0.1) is 11.6 Å². The molecular formula is C13H20ClN3O. The van der Waals surface area contributed by atoms with E-state index in [1.165, 1.54) is 0 Å². The van der Waals surface area contributed by atoms with Crippen molar-refractivity contribution >= 4 is 17.4 Å². The van der Waals surface area contributed by atoms with Gasteiger partial charge >= 0.3 is 0 Å². The molecule has 1 aliphatic heterocycles. The normalized spacial score (nSPS) is 17.5. The van der Waals surface area contributed by atoms with Gasteiger partial charge in [-0.25, -0.2) is 4.98 Å². The number of halogens is 1. The van der Waals surface area contributed by atoms with Crippen molar-refractivity contribution in [1.29, 1.82) is 0 Å². The first-order valence-electron chi connectivity index (χ1n) is 6.36. The predicted octanol–water partition coefficient (Wildman–Crippen LogP) is 1.76. The highest BCUT2D eigenvalue weighted by Gasteiger charge is 2.20. The van der Waals surface area contributed by atoms with Gasteiger partial charge in [0.1, 0.15) is 5.82 Å². The summed E-state index contributed by atoms with van der Waals surface area (Å²) in [5, 5.41) is 9.75. The SMILES string of the molecule is CC(C)N1CCN(c2cc(CO)c(Cl)cn2)CC1. The third kappa shape index (κ3) is 2.94. The van der Waals surface area contributed by atoms with E-state index in [1.54, 1.807) is 6.20 Å². The van der Waals surface area contributed by atoms with Crippen molar-refractivity contribution in [1.82, 2.24) is 9.88 Å². The van der Waals surface area contributed by atoms with E-state index in [0.29, 0.717) is 11.1 Å². The molecule has 0 aliphatic carbocycles. The standard InChI is InChI=1S/C13H20ClN3O/c1-10(2)16-3-5-17(6-4-16)13-7-11(9-18)12(14)8-15-13/h7-8,10,18H,3-6,9H2,1-2H3. The molecule has 0 radical (unpaired) electrons. The average molecular weight is 270 g/mol. The van der Waals surface area contributed by atoms with Gasteiger partial charge in [-0.2, -0.15) is 0 Å². The second-order valence-corrected chi connectivity index (χ2v) is 5.32. The molecule has 4 nitrogen and oxygen atoms in total. The van der Waals surface area contributed by atoms with Crippen LogP contribution in [0.25, 0.3) is 0 Å². The quantitative estimate of drug-likeness (QED) is 0.908. The molecule has 18 heavy (non-hydrogen) atoms. The van der Waals surface area contributed by atoms with Crippen LogP contribution in [-0.4, -0.2) is 47.2 Å². The van der Waals surface area contributed by atoms with E-state index in [9.17, 15) is 5.11 Å². The Morgan fingerprint density at radius 2 is 2.00 bits per heavy atom. The van der Waals surface area contributed by atoms with Crippen LogP contribution in [0, 0.1) is 0 Å². The Labute approximate surface area is 113 Å². The van der Waals surface area contributed by atoms with Crippen molar-refractivity contribution in [2.24, 2.45) is 0 Å². The summed E-state index contributed by atoms with van der Waals surface area (Å²) in [6.07, 6.45) is 1.62. The Kier molecular flexibility index (Phi) is 4.43. The molecule has 1 saturated heterocycles. The number of piperazine rings is 1. The largest absolute Gasteiger partial charge is 0.392 e. The van der Waals surface area contributed by atoms with E-state index in [4.69, 9.17) is 11.6 Å². The first-order valence-corrected chi connectivity index (χ1v) is 6.74. The maximum Gasteiger partial charge on any atom is 0.129 e. The third-order valence-corrected chi connectivity index (χ3v) is 3.80. The molecule has 1 N–H and O–H groups in total. The summed E-state index contributed by atoms with van der Waals surface area (Å²) in [5.74, 6) is 0.909. The molecule has 0 aromatic carbocycles. The lowest BCUT2D eigenvalue weighted by Gasteiger charge is -2.37. The lowest BCUT2D eigenvalue weighted by molar-refractivity contribution is 0.209. The molecule has 0 bridgehead atoms. The number of aliphatic hydroxyl groups is 1. The van der Waals surface area contributed by atoms with Gasteiger partial charge in [-0.3, -0.25) is 4.90 Å². The summed E-state index contributed by atoms with van der Waals surface area (Å²) >= 11 is 5.95. The molecule has 0 spiro atoms. The van der Waals surface area contributed by atoms with Crippen LogP contribution in [0.1, 0.15) is 19.4 Å². The van der Waals surface area contributed by atoms with Gasteiger partial charge in [-0.15, -0.1) is 0 Å². The minimum atomic E-state index is -0.0414. The average Bonchev–Trinajstić information content (AvgIpc) is 2.39. The highest BCUT2D eigenvalue weighted by atomic mass is 35.5. The zero-order valence-electron chi connectivity index (χ0n) is 10.9. The summed E-state index contributed by atoms with van der Waals surface area (Å²) in [7, 11) is 0. The number of aromatic nitrogens is 1. The van der Waals surface area contributed by atoms with Crippen LogP contribution in [0.4, 0.5) is 5.82 Å². The second-order valence-electron chi connectivity index (χ2n) is 4.91. The predicted molar refractivity (Wildman–Crippen MR) is 74.1 cm³/mol. The zero-order valence-corrected chi connectivity index (χ0v) is 11.7. The van der Waals surface area contributed by atoms with Crippen molar-refractivity contribution < 1.29 is 5.11 Å². The molecule has 1 aromatic rings. The molecule has 0 unspecified atom stereocenters. The molecule has 0 saturated carbocycles. The van der Waals surface area contributed by atoms with Gasteiger partial charge in [-0.1, -0.05) is 11.6 Å². The van der Waals surface area contributed by atoms with Crippen molar-refractivity contribution in [2.75, 3.05) is 31.1 Å². The number of rotatable bonds is 3. The Bertz CT molecular complexity index is 403. The third-order valence-electron chi connectivity index (χ3n) is 3.46. The first kappa shape index (κ1) is 13.6. The number of anilines is 1. The molecule has 5 heteroatoms.